The van der Waals surface area contributed by atoms with Gasteiger partial charge in [-0.3, -0.25) is 4.79 Å². The van der Waals surface area contributed by atoms with E-state index < -0.39 is 0 Å². The Balaban J connectivity index is 1.35. The number of aryl methyl sites for hydroxylation is 1. The predicted molar refractivity (Wildman–Crippen MR) is 88.9 cm³/mol. The highest BCUT2D eigenvalue weighted by atomic mass is 16.5. The van der Waals surface area contributed by atoms with Gasteiger partial charge in [0.2, 0.25) is 5.91 Å². The van der Waals surface area contributed by atoms with Crippen LogP contribution in [0.2, 0.25) is 0 Å². The molecule has 0 atom stereocenters. The highest BCUT2D eigenvalue weighted by Crippen LogP contribution is 2.28. The standard InChI is InChI=1S/C18H22N4O2/c1-21-12-19-20-18(21)14-4-7-22(8-5-14)17(23)11-13-2-3-16-15(10-13)6-9-24-16/h2-3,10,12,14H,4-9,11H2,1H3. The summed E-state index contributed by atoms with van der Waals surface area (Å²) in [6.07, 6.45) is 5.07. The van der Waals surface area contributed by atoms with E-state index >= 15 is 0 Å². The fourth-order valence-corrected chi connectivity index (χ4v) is 3.69. The van der Waals surface area contributed by atoms with Gasteiger partial charge in [0.1, 0.15) is 17.9 Å². The van der Waals surface area contributed by atoms with Gasteiger partial charge in [0.15, 0.2) is 0 Å². The number of hydrogen-bond donors (Lipinski definition) is 0. The number of aromatic nitrogens is 3. The van der Waals surface area contributed by atoms with Crippen LogP contribution in [0.4, 0.5) is 0 Å². The molecule has 0 bridgehead atoms. The van der Waals surface area contributed by atoms with E-state index in [-0.39, 0.29) is 5.91 Å². The van der Waals surface area contributed by atoms with Crippen molar-refractivity contribution in [2.45, 2.75) is 31.6 Å². The van der Waals surface area contributed by atoms with Crippen molar-refractivity contribution in [3.63, 3.8) is 0 Å². The van der Waals surface area contributed by atoms with Gasteiger partial charge in [-0.1, -0.05) is 12.1 Å². The molecule has 6 heteroatoms. The number of nitrogens with zero attached hydrogens (tertiary/aromatic N) is 4. The lowest BCUT2D eigenvalue weighted by Crippen LogP contribution is -2.39. The van der Waals surface area contributed by atoms with Crippen molar-refractivity contribution < 1.29 is 9.53 Å². The average molecular weight is 326 g/mol. The lowest BCUT2D eigenvalue weighted by atomic mass is 9.95. The first kappa shape index (κ1) is 15.2. The van der Waals surface area contributed by atoms with E-state index in [1.165, 1.54) is 5.56 Å². The van der Waals surface area contributed by atoms with Gasteiger partial charge in [-0.25, -0.2) is 0 Å². The molecule has 0 aliphatic carbocycles. The molecule has 1 amide bonds. The molecular formula is C18H22N4O2. The summed E-state index contributed by atoms with van der Waals surface area (Å²) >= 11 is 0. The van der Waals surface area contributed by atoms with Crippen LogP contribution in [0.3, 0.4) is 0 Å². The normalized spacial score (nSPS) is 17.6. The Kier molecular flexibility index (Phi) is 3.96. The topological polar surface area (TPSA) is 60.2 Å². The third-order valence-corrected chi connectivity index (χ3v) is 5.07. The molecule has 2 aromatic rings. The Morgan fingerprint density at radius 2 is 2.17 bits per heavy atom. The van der Waals surface area contributed by atoms with Crippen LogP contribution >= 0.6 is 0 Å². The summed E-state index contributed by atoms with van der Waals surface area (Å²) in [6, 6.07) is 6.12. The van der Waals surface area contributed by atoms with E-state index in [0.717, 1.165) is 56.1 Å². The Labute approximate surface area is 141 Å². The zero-order valence-corrected chi connectivity index (χ0v) is 13.9. The van der Waals surface area contributed by atoms with Gasteiger partial charge in [0.25, 0.3) is 0 Å². The number of piperidine rings is 1. The molecule has 1 aromatic carbocycles. The number of hydrogen-bond acceptors (Lipinski definition) is 4. The molecule has 2 aliphatic rings. The van der Waals surface area contributed by atoms with Gasteiger partial charge < -0.3 is 14.2 Å². The van der Waals surface area contributed by atoms with E-state index in [2.05, 4.69) is 16.3 Å². The zero-order valence-electron chi connectivity index (χ0n) is 13.9. The number of benzene rings is 1. The highest BCUT2D eigenvalue weighted by molar-refractivity contribution is 5.79. The van der Waals surface area contributed by atoms with Crippen LogP contribution in [0.1, 0.15) is 35.7 Å². The molecule has 0 N–H and O–H groups in total. The molecule has 1 fully saturated rings. The first-order valence-electron chi connectivity index (χ1n) is 8.57. The molecule has 0 spiro atoms. The average Bonchev–Trinajstić information content (AvgIpc) is 3.23. The van der Waals surface area contributed by atoms with Crippen molar-refractivity contribution in [2.75, 3.05) is 19.7 Å². The van der Waals surface area contributed by atoms with Gasteiger partial charge in [-0.15, -0.1) is 10.2 Å². The molecule has 1 aromatic heterocycles. The molecule has 6 nitrogen and oxygen atoms in total. The molecule has 4 rings (SSSR count). The summed E-state index contributed by atoms with van der Waals surface area (Å²) in [6.45, 7) is 2.34. The molecule has 1 saturated heterocycles. The minimum atomic E-state index is 0.213. The lowest BCUT2D eigenvalue weighted by molar-refractivity contribution is -0.131. The molecular weight excluding hydrogens is 304 g/mol. The van der Waals surface area contributed by atoms with Crippen molar-refractivity contribution in [3.8, 4) is 5.75 Å². The number of fused-ring (bicyclic) bond motifs is 1. The molecule has 0 unspecified atom stereocenters. The van der Waals surface area contributed by atoms with E-state index in [1.54, 1.807) is 6.33 Å². The van der Waals surface area contributed by atoms with Gasteiger partial charge in [0, 0.05) is 32.5 Å². The van der Waals surface area contributed by atoms with E-state index in [0.29, 0.717) is 12.3 Å². The zero-order chi connectivity index (χ0) is 16.5. The third kappa shape index (κ3) is 2.88. The van der Waals surface area contributed by atoms with Crippen LogP contribution in [0.25, 0.3) is 0 Å². The smallest absolute Gasteiger partial charge is 0.226 e. The maximum absolute atomic E-state index is 12.6. The highest BCUT2D eigenvalue weighted by Gasteiger charge is 2.26. The molecule has 3 heterocycles. The third-order valence-electron chi connectivity index (χ3n) is 5.07. The molecule has 2 aliphatic heterocycles. The SMILES string of the molecule is Cn1cnnc1C1CCN(C(=O)Cc2ccc3c(c2)CCO3)CC1. The predicted octanol–water partition coefficient (Wildman–Crippen LogP) is 1.70. The van der Waals surface area contributed by atoms with Crippen LogP contribution in [0, 0.1) is 0 Å². The minimum absolute atomic E-state index is 0.213. The molecule has 0 radical (unpaired) electrons. The van der Waals surface area contributed by atoms with Crippen LogP contribution in [0.5, 0.6) is 5.75 Å². The minimum Gasteiger partial charge on any atom is -0.493 e. The maximum Gasteiger partial charge on any atom is 0.226 e. The number of rotatable bonds is 3. The summed E-state index contributed by atoms with van der Waals surface area (Å²) < 4.78 is 7.50. The summed E-state index contributed by atoms with van der Waals surface area (Å²) in [4.78, 5) is 14.6. The van der Waals surface area contributed by atoms with Crippen molar-refractivity contribution in [1.29, 1.82) is 0 Å². The van der Waals surface area contributed by atoms with Crippen LogP contribution in [-0.2, 0) is 24.7 Å². The maximum atomic E-state index is 12.6. The summed E-state index contributed by atoms with van der Waals surface area (Å²) in [7, 11) is 1.98. The number of carbonyl (C=O) groups excluding carboxylic acids is 1. The fourth-order valence-electron chi connectivity index (χ4n) is 3.69. The van der Waals surface area contributed by atoms with Crippen molar-refractivity contribution in [3.05, 3.63) is 41.5 Å². The molecule has 126 valence electrons. The quantitative estimate of drug-likeness (QED) is 0.861. The van der Waals surface area contributed by atoms with E-state index in [1.807, 2.05) is 28.6 Å². The van der Waals surface area contributed by atoms with Gasteiger partial charge in [-0.2, -0.15) is 0 Å². The second kappa shape index (κ2) is 6.26. The number of ether oxygens (including phenoxy) is 1. The first-order chi connectivity index (χ1) is 11.7. The van der Waals surface area contributed by atoms with Gasteiger partial charge in [0.05, 0.1) is 13.0 Å². The van der Waals surface area contributed by atoms with Crippen LogP contribution < -0.4 is 4.74 Å². The summed E-state index contributed by atoms with van der Waals surface area (Å²) in [5, 5.41) is 8.17. The van der Waals surface area contributed by atoms with Crippen LogP contribution in [-0.4, -0.2) is 45.3 Å². The summed E-state index contributed by atoms with van der Waals surface area (Å²) in [5.41, 5.74) is 2.31. The molecule has 24 heavy (non-hydrogen) atoms. The van der Waals surface area contributed by atoms with Crippen molar-refractivity contribution >= 4 is 5.91 Å². The second-order valence-corrected chi connectivity index (χ2v) is 6.67. The van der Waals surface area contributed by atoms with Crippen molar-refractivity contribution in [2.24, 2.45) is 7.05 Å². The Bertz CT molecular complexity index is 747. The number of amides is 1. The monoisotopic (exact) mass is 326 g/mol. The number of likely N-dealkylation sites (tertiary alicyclic amines) is 1. The van der Waals surface area contributed by atoms with Crippen molar-refractivity contribution in [1.82, 2.24) is 19.7 Å². The second-order valence-electron chi connectivity index (χ2n) is 6.67. The van der Waals surface area contributed by atoms with Gasteiger partial charge in [-0.05, 0) is 30.0 Å². The fraction of sp³-hybridized carbons (Fsp3) is 0.500. The summed E-state index contributed by atoms with van der Waals surface area (Å²) in [5.74, 6) is 2.61. The Hall–Kier alpha value is -2.37. The van der Waals surface area contributed by atoms with Crippen LogP contribution in [0.15, 0.2) is 24.5 Å². The van der Waals surface area contributed by atoms with E-state index in [9.17, 15) is 4.79 Å². The number of carbonyl (C=O) groups is 1. The van der Waals surface area contributed by atoms with Gasteiger partial charge >= 0.3 is 0 Å². The molecule has 0 saturated carbocycles. The lowest BCUT2D eigenvalue weighted by Gasteiger charge is -2.31. The Morgan fingerprint density at radius 1 is 1.33 bits per heavy atom. The largest absolute Gasteiger partial charge is 0.493 e. The first-order valence-corrected chi connectivity index (χ1v) is 8.57. The Morgan fingerprint density at radius 3 is 2.92 bits per heavy atom. The van der Waals surface area contributed by atoms with E-state index in [4.69, 9.17) is 4.74 Å².